The summed E-state index contributed by atoms with van der Waals surface area (Å²) in [5, 5.41) is 26.1. The summed E-state index contributed by atoms with van der Waals surface area (Å²) in [4.78, 5) is 24.9. The van der Waals surface area contributed by atoms with E-state index in [2.05, 4.69) is 5.32 Å². The maximum absolute atomic E-state index is 12.2. The normalized spacial score (nSPS) is 15.6. The van der Waals surface area contributed by atoms with E-state index in [0.717, 1.165) is 16.7 Å². The lowest BCUT2D eigenvalue weighted by Crippen LogP contribution is -2.41. The number of anilines is 2. The predicted octanol–water partition coefficient (Wildman–Crippen LogP) is 6.33. The third-order valence-electron chi connectivity index (χ3n) is 6.21. The molecule has 8 heteroatoms. The first-order chi connectivity index (χ1) is 15.4. The minimum Gasteiger partial charge on any atom is -0.507 e. The molecule has 1 amide bonds. The lowest BCUT2D eigenvalue weighted by atomic mass is 9.78. The number of nitro benzene ring substituents is 1. The number of cyclic esters (lactones) is 1. The van der Waals surface area contributed by atoms with Crippen LogP contribution in [0.1, 0.15) is 77.6 Å². The number of nitrogens with zero attached hydrogens (tertiary/aromatic N) is 2. The van der Waals surface area contributed by atoms with Crippen molar-refractivity contribution in [2.24, 2.45) is 0 Å². The Morgan fingerprint density at radius 1 is 1.06 bits per heavy atom. The van der Waals surface area contributed by atoms with Crippen LogP contribution < -0.4 is 10.2 Å². The molecule has 2 N–H and O–H groups in total. The summed E-state index contributed by atoms with van der Waals surface area (Å²) in [7, 11) is 1.53. The Kier molecular flexibility index (Phi) is 6.10. The van der Waals surface area contributed by atoms with Gasteiger partial charge >= 0.3 is 6.09 Å². The van der Waals surface area contributed by atoms with Crippen molar-refractivity contribution in [3.63, 3.8) is 0 Å². The molecular formula is C26H35N3O5. The second kappa shape index (κ2) is 8.18. The van der Waals surface area contributed by atoms with Crippen LogP contribution in [0.3, 0.4) is 0 Å². The van der Waals surface area contributed by atoms with E-state index in [-0.39, 0.29) is 22.3 Å². The Hall–Kier alpha value is -3.29. The topological polar surface area (TPSA) is 105 Å². The van der Waals surface area contributed by atoms with Gasteiger partial charge in [0.05, 0.1) is 10.6 Å². The fourth-order valence-corrected chi connectivity index (χ4v) is 4.21. The number of phenols is 1. The standard InChI is InChI=1S/C26H35N3O5/c1-24(2,3)17-10-15(11-18(22(17)30)25(4,5)6)14-27-19-12-16-20(13-21(19)29(32)33)28(9)23(31)34-26(16,7)8/h10-13,27,30H,14H2,1-9H3. The molecular weight excluding hydrogens is 434 g/mol. The molecule has 0 saturated heterocycles. The fourth-order valence-electron chi connectivity index (χ4n) is 4.21. The van der Waals surface area contributed by atoms with E-state index >= 15 is 0 Å². The molecule has 34 heavy (non-hydrogen) atoms. The number of fused-ring (bicyclic) bond motifs is 1. The average Bonchev–Trinajstić information content (AvgIpc) is 2.68. The zero-order chi connectivity index (χ0) is 25.8. The van der Waals surface area contributed by atoms with Crippen molar-refractivity contribution >= 4 is 23.2 Å². The van der Waals surface area contributed by atoms with Gasteiger partial charge in [-0.05, 0) is 59.6 Å². The summed E-state index contributed by atoms with van der Waals surface area (Å²) in [6, 6.07) is 6.99. The lowest BCUT2D eigenvalue weighted by Gasteiger charge is -2.37. The third-order valence-corrected chi connectivity index (χ3v) is 6.21. The SMILES string of the molecule is CN1C(=O)OC(C)(C)c2cc(NCc3cc(C(C)(C)C)c(O)c(C(C)(C)C)c3)c([N+](=O)[O-])cc21. The number of rotatable bonds is 4. The van der Waals surface area contributed by atoms with Crippen molar-refractivity contribution < 1.29 is 19.6 Å². The minimum atomic E-state index is -0.929. The van der Waals surface area contributed by atoms with Gasteiger partial charge in [0.1, 0.15) is 17.0 Å². The molecule has 0 fully saturated rings. The monoisotopic (exact) mass is 469 g/mol. The van der Waals surface area contributed by atoms with Crippen molar-refractivity contribution in [3.8, 4) is 5.75 Å². The molecule has 0 spiro atoms. The number of carbonyl (C=O) groups excluding carboxylic acids is 1. The quantitative estimate of drug-likeness (QED) is 0.400. The number of nitrogens with one attached hydrogen (secondary N) is 1. The Labute approximate surface area is 201 Å². The zero-order valence-electron chi connectivity index (χ0n) is 21.5. The van der Waals surface area contributed by atoms with Crippen molar-refractivity contribution in [1.82, 2.24) is 0 Å². The van der Waals surface area contributed by atoms with E-state index in [1.54, 1.807) is 19.9 Å². The van der Waals surface area contributed by atoms with Crippen molar-refractivity contribution in [2.45, 2.75) is 78.4 Å². The zero-order valence-corrected chi connectivity index (χ0v) is 21.5. The Bertz CT molecular complexity index is 1120. The van der Waals surface area contributed by atoms with Crippen molar-refractivity contribution in [2.75, 3.05) is 17.3 Å². The summed E-state index contributed by atoms with van der Waals surface area (Å²) in [5.41, 5.74) is 2.41. The van der Waals surface area contributed by atoms with E-state index in [9.17, 15) is 20.0 Å². The highest BCUT2D eigenvalue weighted by Crippen LogP contribution is 2.44. The first-order valence-corrected chi connectivity index (χ1v) is 11.3. The molecule has 1 heterocycles. The number of amides is 1. The molecule has 1 aliphatic rings. The van der Waals surface area contributed by atoms with Crippen LogP contribution in [0, 0.1) is 10.1 Å². The van der Waals surface area contributed by atoms with Gasteiger partial charge in [0, 0.05) is 25.2 Å². The molecule has 0 aliphatic carbocycles. The van der Waals surface area contributed by atoms with Crippen molar-refractivity contribution in [1.29, 1.82) is 0 Å². The number of phenolic OH excluding ortho intramolecular Hbond substituents is 1. The highest BCUT2D eigenvalue weighted by molar-refractivity contribution is 5.92. The van der Waals surface area contributed by atoms with Crippen LogP contribution in [0.15, 0.2) is 24.3 Å². The summed E-state index contributed by atoms with van der Waals surface area (Å²) in [6.45, 7) is 16.1. The second-order valence-corrected chi connectivity index (χ2v) is 11.5. The van der Waals surface area contributed by atoms with Crippen LogP contribution in [0.2, 0.25) is 0 Å². The molecule has 8 nitrogen and oxygen atoms in total. The van der Waals surface area contributed by atoms with Gasteiger partial charge in [0.25, 0.3) is 5.69 Å². The number of benzene rings is 2. The molecule has 0 radical (unpaired) electrons. The molecule has 2 aromatic carbocycles. The first-order valence-electron chi connectivity index (χ1n) is 11.3. The molecule has 2 aromatic rings. The van der Waals surface area contributed by atoms with Gasteiger partial charge in [-0.15, -0.1) is 0 Å². The van der Waals surface area contributed by atoms with Crippen LogP contribution >= 0.6 is 0 Å². The Morgan fingerprint density at radius 3 is 2.06 bits per heavy atom. The van der Waals surface area contributed by atoms with Crippen molar-refractivity contribution in [3.05, 3.63) is 56.6 Å². The highest BCUT2D eigenvalue weighted by atomic mass is 16.6. The number of hydrogen-bond acceptors (Lipinski definition) is 6. The maximum atomic E-state index is 12.2. The van der Waals surface area contributed by atoms with Gasteiger partial charge in [0.15, 0.2) is 0 Å². The number of hydrogen-bond donors (Lipinski definition) is 2. The third kappa shape index (κ3) is 4.67. The largest absolute Gasteiger partial charge is 0.507 e. The minimum absolute atomic E-state index is 0.123. The molecule has 0 saturated carbocycles. The van der Waals surface area contributed by atoms with E-state index in [1.165, 1.54) is 18.0 Å². The van der Waals surface area contributed by atoms with Gasteiger partial charge in [-0.3, -0.25) is 15.0 Å². The van der Waals surface area contributed by atoms with Crippen LogP contribution in [0.25, 0.3) is 0 Å². The molecule has 0 bridgehead atoms. The van der Waals surface area contributed by atoms with E-state index in [0.29, 0.717) is 23.5 Å². The van der Waals surface area contributed by atoms with Crippen LogP contribution in [-0.4, -0.2) is 23.2 Å². The van der Waals surface area contributed by atoms with Gasteiger partial charge < -0.3 is 15.2 Å². The lowest BCUT2D eigenvalue weighted by molar-refractivity contribution is -0.383. The van der Waals surface area contributed by atoms with Gasteiger partial charge in [-0.25, -0.2) is 4.79 Å². The number of carbonyl (C=O) groups is 1. The number of aromatic hydroxyl groups is 1. The molecule has 0 atom stereocenters. The molecule has 1 aliphatic heterocycles. The molecule has 0 aromatic heterocycles. The van der Waals surface area contributed by atoms with E-state index in [1.807, 2.05) is 53.7 Å². The second-order valence-electron chi connectivity index (χ2n) is 11.5. The summed E-state index contributed by atoms with van der Waals surface area (Å²) in [5.74, 6) is 0.287. The Balaban J connectivity index is 2.08. The first kappa shape index (κ1) is 25.3. The maximum Gasteiger partial charge on any atom is 0.414 e. The number of nitro groups is 1. The van der Waals surface area contributed by atoms with Gasteiger partial charge in [0.2, 0.25) is 0 Å². The fraction of sp³-hybridized carbons (Fsp3) is 0.500. The summed E-state index contributed by atoms with van der Waals surface area (Å²) in [6.07, 6.45) is -0.555. The molecule has 184 valence electrons. The average molecular weight is 470 g/mol. The molecule has 0 unspecified atom stereocenters. The highest BCUT2D eigenvalue weighted by Gasteiger charge is 2.39. The van der Waals surface area contributed by atoms with Crippen LogP contribution in [0.4, 0.5) is 21.9 Å². The van der Waals surface area contributed by atoms with Gasteiger partial charge in [-0.2, -0.15) is 0 Å². The van der Waals surface area contributed by atoms with Crippen LogP contribution in [-0.2, 0) is 27.7 Å². The van der Waals surface area contributed by atoms with E-state index in [4.69, 9.17) is 4.74 Å². The molecule has 3 rings (SSSR count). The van der Waals surface area contributed by atoms with Crippen LogP contribution in [0.5, 0.6) is 5.75 Å². The smallest absolute Gasteiger partial charge is 0.414 e. The van der Waals surface area contributed by atoms with E-state index < -0.39 is 16.6 Å². The summed E-state index contributed by atoms with van der Waals surface area (Å²) < 4.78 is 5.51. The Morgan fingerprint density at radius 2 is 1.59 bits per heavy atom. The summed E-state index contributed by atoms with van der Waals surface area (Å²) >= 11 is 0. The van der Waals surface area contributed by atoms with Gasteiger partial charge in [-0.1, -0.05) is 41.5 Å². The number of ether oxygens (including phenoxy) is 1. The predicted molar refractivity (Wildman–Crippen MR) is 134 cm³/mol.